The molecule has 1 N–H and O–H groups in total. The number of halogens is 1. The molecule has 1 aromatic heterocycles. The molecule has 1 aromatic carbocycles. The lowest BCUT2D eigenvalue weighted by Gasteiger charge is -2.26. The van der Waals surface area contributed by atoms with Gasteiger partial charge >= 0.3 is 6.09 Å². The smallest absolute Gasteiger partial charge is 0.410 e. The Bertz CT molecular complexity index is 715. The number of H-pyrrole nitrogens is 1. The Morgan fingerprint density at radius 3 is 2.73 bits per heavy atom. The Balaban J connectivity index is 1.80. The summed E-state index contributed by atoms with van der Waals surface area (Å²) in [5.74, 6) is 0. The first kappa shape index (κ1) is 15.4. The molecule has 1 aliphatic rings. The lowest BCUT2D eigenvalue weighted by Crippen LogP contribution is -2.38. The molecule has 5 heteroatoms. The van der Waals surface area contributed by atoms with Gasteiger partial charge in [-0.3, -0.25) is 0 Å². The molecule has 2 heterocycles. The standard InChI is InChI=1S/C17H21BrN2O2/c1-17(2,3)22-16(21)20-8-6-13-12-5-4-11(18)10-15(12)19-14(13)7-9-20/h4-5,10,19H,6-9H2,1-3H3. The van der Waals surface area contributed by atoms with Crippen molar-refractivity contribution in [2.75, 3.05) is 13.1 Å². The molecular weight excluding hydrogens is 344 g/mol. The first-order valence-corrected chi connectivity index (χ1v) is 8.40. The summed E-state index contributed by atoms with van der Waals surface area (Å²) >= 11 is 3.51. The maximum atomic E-state index is 12.2. The van der Waals surface area contributed by atoms with E-state index in [9.17, 15) is 4.79 Å². The number of amides is 1. The average Bonchev–Trinajstić information content (AvgIpc) is 2.60. The fourth-order valence-electron chi connectivity index (χ4n) is 2.90. The number of carbonyl (C=O) groups is 1. The van der Waals surface area contributed by atoms with E-state index in [2.05, 4.69) is 39.1 Å². The molecule has 0 spiro atoms. The van der Waals surface area contributed by atoms with Crippen molar-refractivity contribution in [1.29, 1.82) is 0 Å². The minimum Gasteiger partial charge on any atom is -0.444 e. The molecule has 1 amide bonds. The van der Waals surface area contributed by atoms with Crippen molar-refractivity contribution in [3.8, 4) is 0 Å². The lowest BCUT2D eigenvalue weighted by atomic mass is 10.1. The van der Waals surface area contributed by atoms with E-state index in [1.807, 2.05) is 25.7 Å². The molecule has 118 valence electrons. The number of fused-ring (bicyclic) bond motifs is 3. The monoisotopic (exact) mass is 364 g/mol. The maximum absolute atomic E-state index is 12.2. The van der Waals surface area contributed by atoms with Gasteiger partial charge in [0.15, 0.2) is 0 Å². The van der Waals surface area contributed by atoms with Gasteiger partial charge in [-0.2, -0.15) is 0 Å². The zero-order valence-corrected chi connectivity index (χ0v) is 14.8. The molecule has 0 saturated heterocycles. The molecule has 4 nitrogen and oxygen atoms in total. The number of rotatable bonds is 0. The fraction of sp³-hybridized carbons (Fsp3) is 0.471. The van der Waals surface area contributed by atoms with Gasteiger partial charge in [0.05, 0.1) is 0 Å². The second-order valence-corrected chi connectivity index (χ2v) is 7.66. The van der Waals surface area contributed by atoms with E-state index in [0.717, 1.165) is 22.8 Å². The fourth-order valence-corrected chi connectivity index (χ4v) is 3.26. The summed E-state index contributed by atoms with van der Waals surface area (Å²) in [4.78, 5) is 17.5. The highest BCUT2D eigenvalue weighted by molar-refractivity contribution is 9.10. The van der Waals surface area contributed by atoms with E-state index >= 15 is 0 Å². The molecule has 0 aliphatic carbocycles. The summed E-state index contributed by atoms with van der Waals surface area (Å²) in [6.07, 6.45) is 1.47. The number of ether oxygens (including phenoxy) is 1. The summed E-state index contributed by atoms with van der Waals surface area (Å²) in [6, 6.07) is 6.31. The summed E-state index contributed by atoms with van der Waals surface area (Å²) in [5.41, 5.74) is 3.27. The highest BCUT2D eigenvalue weighted by atomic mass is 79.9. The van der Waals surface area contributed by atoms with Crippen molar-refractivity contribution < 1.29 is 9.53 Å². The van der Waals surface area contributed by atoms with Gasteiger partial charge in [0.25, 0.3) is 0 Å². The summed E-state index contributed by atoms with van der Waals surface area (Å²) in [7, 11) is 0. The van der Waals surface area contributed by atoms with E-state index in [1.165, 1.54) is 16.6 Å². The van der Waals surface area contributed by atoms with E-state index in [1.54, 1.807) is 0 Å². The summed E-state index contributed by atoms with van der Waals surface area (Å²) in [5, 5.41) is 1.25. The molecule has 2 aromatic rings. The second kappa shape index (κ2) is 5.61. The molecule has 0 unspecified atom stereocenters. The van der Waals surface area contributed by atoms with Crippen LogP contribution in [-0.4, -0.2) is 34.7 Å². The van der Waals surface area contributed by atoms with Gasteiger partial charge in [-0.05, 0) is 44.9 Å². The number of hydrogen-bond acceptors (Lipinski definition) is 2. The number of carbonyl (C=O) groups excluding carboxylic acids is 1. The minimum atomic E-state index is -0.448. The third-order valence-electron chi connectivity index (χ3n) is 3.87. The zero-order chi connectivity index (χ0) is 15.9. The number of nitrogens with zero attached hydrogens (tertiary/aromatic N) is 1. The van der Waals surface area contributed by atoms with Gasteiger partial charge in [0, 0.05) is 40.6 Å². The Morgan fingerprint density at radius 2 is 2.00 bits per heavy atom. The Kier molecular flexibility index (Phi) is 3.93. The average molecular weight is 365 g/mol. The molecule has 0 fully saturated rings. The van der Waals surface area contributed by atoms with Crippen molar-refractivity contribution in [1.82, 2.24) is 9.88 Å². The molecule has 0 atom stereocenters. The van der Waals surface area contributed by atoms with E-state index in [4.69, 9.17) is 4.74 Å². The number of benzene rings is 1. The van der Waals surface area contributed by atoms with Gasteiger partial charge in [-0.15, -0.1) is 0 Å². The van der Waals surface area contributed by atoms with E-state index in [-0.39, 0.29) is 6.09 Å². The number of aromatic nitrogens is 1. The predicted molar refractivity (Wildman–Crippen MR) is 91.2 cm³/mol. The third-order valence-corrected chi connectivity index (χ3v) is 4.36. The van der Waals surface area contributed by atoms with E-state index < -0.39 is 5.60 Å². The molecule has 0 saturated carbocycles. The van der Waals surface area contributed by atoms with Crippen LogP contribution in [0.25, 0.3) is 10.9 Å². The molecule has 22 heavy (non-hydrogen) atoms. The van der Waals surface area contributed by atoms with Crippen LogP contribution in [0, 0.1) is 0 Å². The predicted octanol–water partition coefficient (Wildman–Crippen LogP) is 4.27. The lowest BCUT2D eigenvalue weighted by molar-refractivity contribution is 0.0258. The highest BCUT2D eigenvalue weighted by Crippen LogP contribution is 2.28. The normalized spacial score (nSPS) is 15.5. The summed E-state index contributed by atoms with van der Waals surface area (Å²) < 4.78 is 6.56. The van der Waals surface area contributed by atoms with Crippen LogP contribution in [0.3, 0.4) is 0 Å². The molecular formula is C17H21BrN2O2. The third kappa shape index (κ3) is 3.14. The van der Waals surface area contributed by atoms with Crippen molar-refractivity contribution in [3.63, 3.8) is 0 Å². The van der Waals surface area contributed by atoms with Gasteiger partial charge in [-0.25, -0.2) is 4.79 Å². The molecule has 0 bridgehead atoms. The number of aromatic amines is 1. The van der Waals surface area contributed by atoms with Crippen molar-refractivity contribution in [2.45, 2.75) is 39.2 Å². The van der Waals surface area contributed by atoms with Gasteiger partial charge < -0.3 is 14.6 Å². The van der Waals surface area contributed by atoms with Gasteiger partial charge in [-0.1, -0.05) is 22.0 Å². The second-order valence-electron chi connectivity index (χ2n) is 6.74. The number of hydrogen-bond donors (Lipinski definition) is 1. The first-order chi connectivity index (χ1) is 10.3. The quantitative estimate of drug-likeness (QED) is 0.758. The van der Waals surface area contributed by atoms with Crippen LogP contribution in [0.4, 0.5) is 4.79 Å². The largest absolute Gasteiger partial charge is 0.444 e. The first-order valence-electron chi connectivity index (χ1n) is 7.60. The molecule has 1 aliphatic heterocycles. The van der Waals surface area contributed by atoms with Crippen molar-refractivity contribution in [2.24, 2.45) is 0 Å². The minimum absolute atomic E-state index is 0.218. The van der Waals surface area contributed by atoms with Crippen LogP contribution < -0.4 is 0 Å². The Morgan fingerprint density at radius 1 is 1.27 bits per heavy atom. The van der Waals surface area contributed by atoms with Crippen LogP contribution in [0.2, 0.25) is 0 Å². The molecule has 3 rings (SSSR count). The van der Waals surface area contributed by atoms with Crippen LogP contribution in [0.5, 0.6) is 0 Å². The number of nitrogens with one attached hydrogen (secondary N) is 1. The van der Waals surface area contributed by atoms with Crippen LogP contribution in [0.1, 0.15) is 32.0 Å². The van der Waals surface area contributed by atoms with Crippen LogP contribution in [0.15, 0.2) is 22.7 Å². The van der Waals surface area contributed by atoms with Gasteiger partial charge in [0.2, 0.25) is 0 Å². The Labute approximate surface area is 139 Å². The highest BCUT2D eigenvalue weighted by Gasteiger charge is 2.25. The van der Waals surface area contributed by atoms with Crippen LogP contribution >= 0.6 is 15.9 Å². The van der Waals surface area contributed by atoms with Crippen LogP contribution in [-0.2, 0) is 17.6 Å². The molecule has 0 radical (unpaired) electrons. The topological polar surface area (TPSA) is 45.3 Å². The maximum Gasteiger partial charge on any atom is 0.410 e. The van der Waals surface area contributed by atoms with Crippen molar-refractivity contribution >= 4 is 32.9 Å². The Hall–Kier alpha value is -1.49. The zero-order valence-electron chi connectivity index (χ0n) is 13.2. The SMILES string of the molecule is CC(C)(C)OC(=O)N1CCc2[nH]c3cc(Br)ccc3c2CC1. The van der Waals surface area contributed by atoms with Crippen molar-refractivity contribution in [3.05, 3.63) is 33.9 Å². The van der Waals surface area contributed by atoms with Gasteiger partial charge in [0.1, 0.15) is 5.60 Å². The summed E-state index contributed by atoms with van der Waals surface area (Å²) in [6.45, 7) is 7.09. The van der Waals surface area contributed by atoms with E-state index in [0.29, 0.717) is 13.1 Å².